The molecule has 33 heavy (non-hydrogen) atoms. The van der Waals surface area contributed by atoms with Crippen LogP contribution in [0.25, 0.3) is 16.7 Å². The van der Waals surface area contributed by atoms with Gasteiger partial charge < -0.3 is 5.73 Å². The standard InChI is InChI=1S/C24H19BrF2N4O.ClH/c25-16-10-20-22(29-12-16)30-23(21(28)9-13-7-17(26)11-18(27)8-13)31(24(20)32)19-5-3-15(4-6-19)14-1-2-14;/h3-8,10-12,14,21H,1-2,9,28H2;1H. The van der Waals surface area contributed by atoms with Gasteiger partial charge in [0.15, 0.2) is 5.65 Å². The molecule has 1 fully saturated rings. The van der Waals surface area contributed by atoms with Crippen molar-refractivity contribution in [2.75, 3.05) is 0 Å². The van der Waals surface area contributed by atoms with Crippen molar-refractivity contribution in [3.63, 3.8) is 0 Å². The number of nitrogens with two attached hydrogens (primary N) is 1. The van der Waals surface area contributed by atoms with Crippen molar-refractivity contribution < 1.29 is 8.78 Å². The molecule has 0 saturated heterocycles. The molecule has 0 aliphatic heterocycles. The lowest BCUT2D eigenvalue weighted by Crippen LogP contribution is -2.29. The highest BCUT2D eigenvalue weighted by Gasteiger charge is 2.24. The average molecular weight is 534 g/mol. The van der Waals surface area contributed by atoms with Crippen molar-refractivity contribution in [3.05, 3.63) is 98.1 Å². The average Bonchev–Trinajstić information content (AvgIpc) is 3.59. The quantitative estimate of drug-likeness (QED) is 0.375. The highest BCUT2D eigenvalue weighted by atomic mass is 79.9. The van der Waals surface area contributed by atoms with E-state index >= 15 is 0 Å². The summed E-state index contributed by atoms with van der Waals surface area (Å²) in [6, 6.07) is 11.9. The molecule has 9 heteroatoms. The number of fused-ring (bicyclic) bond motifs is 1. The fraction of sp³-hybridized carbons (Fsp3) is 0.208. The summed E-state index contributed by atoms with van der Waals surface area (Å²) in [7, 11) is 0. The van der Waals surface area contributed by atoms with Gasteiger partial charge in [0.2, 0.25) is 0 Å². The van der Waals surface area contributed by atoms with Crippen LogP contribution in [0.4, 0.5) is 8.78 Å². The molecular formula is C24H20BrClF2N4O. The van der Waals surface area contributed by atoms with E-state index in [1.807, 2.05) is 24.3 Å². The van der Waals surface area contributed by atoms with Gasteiger partial charge in [-0.3, -0.25) is 9.36 Å². The molecule has 1 atom stereocenters. The lowest BCUT2D eigenvalue weighted by Gasteiger charge is -2.19. The molecule has 0 radical (unpaired) electrons. The Kier molecular flexibility index (Phi) is 6.61. The third-order valence-electron chi connectivity index (χ3n) is 5.63. The predicted octanol–water partition coefficient (Wildman–Crippen LogP) is 5.36. The fourth-order valence-electron chi connectivity index (χ4n) is 3.95. The van der Waals surface area contributed by atoms with Crippen LogP contribution in [0.3, 0.4) is 0 Å². The van der Waals surface area contributed by atoms with Gasteiger partial charge in [-0.25, -0.2) is 18.7 Å². The maximum Gasteiger partial charge on any atom is 0.267 e. The van der Waals surface area contributed by atoms with E-state index in [4.69, 9.17) is 5.73 Å². The molecule has 2 N–H and O–H groups in total. The topological polar surface area (TPSA) is 73.8 Å². The van der Waals surface area contributed by atoms with Gasteiger partial charge in [-0.2, -0.15) is 0 Å². The minimum atomic E-state index is -0.790. The molecule has 1 unspecified atom stereocenters. The lowest BCUT2D eigenvalue weighted by molar-refractivity contribution is 0.572. The first kappa shape index (κ1) is 23.5. The van der Waals surface area contributed by atoms with Gasteiger partial charge >= 0.3 is 0 Å². The zero-order chi connectivity index (χ0) is 22.4. The molecule has 0 bridgehead atoms. The second kappa shape index (κ2) is 9.29. The molecular weight excluding hydrogens is 514 g/mol. The Hall–Kier alpha value is -2.68. The Morgan fingerprint density at radius 2 is 1.76 bits per heavy atom. The summed E-state index contributed by atoms with van der Waals surface area (Å²) in [5.41, 5.74) is 8.64. The monoisotopic (exact) mass is 532 g/mol. The highest BCUT2D eigenvalue weighted by Crippen LogP contribution is 2.40. The van der Waals surface area contributed by atoms with E-state index in [0.29, 0.717) is 27.0 Å². The first-order valence-corrected chi connectivity index (χ1v) is 11.1. The second-order valence-corrected chi connectivity index (χ2v) is 9.01. The summed E-state index contributed by atoms with van der Waals surface area (Å²) in [4.78, 5) is 22.3. The maximum absolute atomic E-state index is 13.7. The third kappa shape index (κ3) is 4.83. The van der Waals surface area contributed by atoms with Crippen LogP contribution in [0.1, 0.15) is 41.8 Å². The van der Waals surface area contributed by atoms with Crippen LogP contribution in [-0.2, 0) is 6.42 Å². The number of rotatable bonds is 5. The van der Waals surface area contributed by atoms with Crippen molar-refractivity contribution in [2.24, 2.45) is 5.73 Å². The van der Waals surface area contributed by atoms with Gasteiger partial charge in [0, 0.05) is 16.7 Å². The SMILES string of the molecule is Cl.NC(Cc1cc(F)cc(F)c1)c1nc2ncc(Br)cc2c(=O)n1-c1ccc(C2CC2)cc1. The van der Waals surface area contributed by atoms with Crippen LogP contribution in [0.15, 0.2) is 64.0 Å². The Morgan fingerprint density at radius 3 is 2.39 bits per heavy atom. The van der Waals surface area contributed by atoms with Crippen molar-refractivity contribution in [1.82, 2.24) is 14.5 Å². The Morgan fingerprint density at radius 1 is 1.09 bits per heavy atom. The van der Waals surface area contributed by atoms with Crippen molar-refractivity contribution in [3.8, 4) is 5.69 Å². The number of hydrogen-bond donors (Lipinski definition) is 1. The normalized spacial score (nSPS) is 14.2. The van der Waals surface area contributed by atoms with Gasteiger partial charge in [0.25, 0.3) is 5.56 Å². The summed E-state index contributed by atoms with van der Waals surface area (Å²) in [5.74, 6) is -0.502. The highest BCUT2D eigenvalue weighted by molar-refractivity contribution is 9.10. The summed E-state index contributed by atoms with van der Waals surface area (Å²) < 4.78 is 29.5. The van der Waals surface area contributed by atoms with Gasteiger partial charge in [-0.05, 0) is 82.6 Å². The number of nitrogens with zero attached hydrogens (tertiary/aromatic N) is 3. The van der Waals surface area contributed by atoms with Crippen LogP contribution in [0, 0.1) is 11.6 Å². The molecule has 2 aromatic carbocycles. The molecule has 1 saturated carbocycles. The van der Waals surface area contributed by atoms with Gasteiger partial charge in [0.05, 0.1) is 17.1 Å². The van der Waals surface area contributed by atoms with E-state index in [2.05, 4.69) is 25.9 Å². The number of halogens is 4. The Balaban J connectivity index is 0.00000259. The van der Waals surface area contributed by atoms with E-state index in [1.54, 1.807) is 12.3 Å². The molecule has 2 aromatic heterocycles. The van der Waals surface area contributed by atoms with Crippen molar-refractivity contribution >= 4 is 39.4 Å². The van der Waals surface area contributed by atoms with Crippen LogP contribution in [-0.4, -0.2) is 14.5 Å². The lowest BCUT2D eigenvalue weighted by atomic mass is 10.0. The maximum atomic E-state index is 13.7. The van der Waals surface area contributed by atoms with Crippen LogP contribution >= 0.6 is 28.3 Å². The van der Waals surface area contributed by atoms with Crippen LogP contribution in [0.2, 0.25) is 0 Å². The zero-order valence-electron chi connectivity index (χ0n) is 17.3. The molecule has 5 rings (SSSR count). The minimum absolute atomic E-state index is 0. The molecule has 2 heterocycles. The molecule has 0 spiro atoms. The summed E-state index contributed by atoms with van der Waals surface area (Å²) in [6.45, 7) is 0. The van der Waals surface area contributed by atoms with E-state index in [-0.39, 0.29) is 35.9 Å². The van der Waals surface area contributed by atoms with E-state index in [0.717, 1.165) is 6.07 Å². The van der Waals surface area contributed by atoms with Crippen molar-refractivity contribution in [1.29, 1.82) is 0 Å². The predicted molar refractivity (Wildman–Crippen MR) is 129 cm³/mol. The zero-order valence-corrected chi connectivity index (χ0v) is 19.7. The largest absolute Gasteiger partial charge is 0.321 e. The molecule has 170 valence electrons. The summed E-state index contributed by atoms with van der Waals surface area (Å²) in [5, 5.41) is 0.346. The van der Waals surface area contributed by atoms with Crippen LogP contribution < -0.4 is 11.3 Å². The minimum Gasteiger partial charge on any atom is -0.321 e. The van der Waals surface area contributed by atoms with Gasteiger partial charge in [-0.15, -0.1) is 12.4 Å². The Bertz CT molecular complexity index is 1370. The Labute approximate surface area is 203 Å². The number of benzene rings is 2. The first-order chi connectivity index (χ1) is 15.4. The molecule has 1 aliphatic carbocycles. The molecule has 0 amide bonds. The molecule has 5 nitrogen and oxygen atoms in total. The number of aromatic nitrogens is 3. The van der Waals surface area contributed by atoms with Gasteiger partial charge in [-0.1, -0.05) is 12.1 Å². The van der Waals surface area contributed by atoms with Gasteiger partial charge in [0.1, 0.15) is 17.5 Å². The van der Waals surface area contributed by atoms with Crippen LogP contribution in [0.5, 0.6) is 0 Å². The summed E-state index contributed by atoms with van der Waals surface area (Å²) in [6.07, 6.45) is 4.01. The van der Waals surface area contributed by atoms with E-state index < -0.39 is 17.7 Å². The van der Waals surface area contributed by atoms with Crippen molar-refractivity contribution in [2.45, 2.75) is 31.2 Å². The third-order valence-corrected chi connectivity index (χ3v) is 6.06. The summed E-state index contributed by atoms with van der Waals surface area (Å²) >= 11 is 3.35. The smallest absolute Gasteiger partial charge is 0.267 e. The first-order valence-electron chi connectivity index (χ1n) is 10.3. The molecule has 4 aromatic rings. The fourth-order valence-corrected chi connectivity index (χ4v) is 4.28. The number of pyridine rings is 1. The van der Waals surface area contributed by atoms with E-state index in [9.17, 15) is 13.6 Å². The molecule has 1 aliphatic rings. The second-order valence-electron chi connectivity index (χ2n) is 8.09. The van der Waals surface area contributed by atoms with E-state index in [1.165, 1.54) is 35.1 Å². The number of hydrogen-bond acceptors (Lipinski definition) is 4.